The topological polar surface area (TPSA) is 109 Å². The van der Waals surface area contributed by atoms with Gasteiger partial charge in [-0.05, 0) is 111 Å². The number of aliphatic carboxylic acids is 1. The molecule has 6 aliphatic carbocycles. The molecule has 0 heterocycles. The van der Waals surface area contributed by atoms with Crippen LogP contribution in [0.25, 0.3) is 0 Å². The van der Waals surface area contributed by atoms with Crippen molar-refractivity contribution < 1.29 is 29.4 Å². The van der Waals surface area contributed by atoms with Gasteiger partial charge in [-0.2, -0.15) is 0 Å². The summed E-state index contributed by atoms with van der Waals surface area (Å²) in [6, 6.07) is 0. The predicted molar refractivity (Wildman–Crippen MR) is 178 cm³/mol. The summed E-state index contributed by atoms with van der Waals surface area (Å²) < 4.78 is 0. The number of carboxylic acid groups (broad SMARTS) is 1. The molecule has 6 rings (SSSR count). The van der Waals surface area contributed by atoms with Gasteiger partial charge in [-0.1, -0.05) is 78.2 Å². The van der Waals surface area contributed by atoms with Crippen molar-refractivity contribution in [2.75, 3.05) is 0 Å². The molecular weight excluding hydrogens is 576 g/mol. The molecule has 0 spiro atoms. The first-order chi connectivity index (χ1) is 21.3. The molecule has 0 bridgehead atoms. The van der Waals surface area contributed by atoms with E-state index >= 15 is 9.59 Å². The second kappa shape index (κ2) is 10.3. The van der Waals surface area contributed by atoms with Gasteiger partial charge in [-0.3, -0.25) is 14.4 Å². The van der Waals surface area contributed by atoms with Gasteiger partial charge in [0.1, 0.15) is 6.29 Å². The highest BCUT2D eigenvalue weighted by Gasteiger charge is 2.85. The molecule has 0 aromatic carbocycles. The Balaban J connectivity index is 1.63. The lowest BCUT2D eigenvalue weighted by molar-refractivity contribution is -0.172. The molecule has 6 nitrogen and oxygen atoms in total. The molecule has 0 aliphatic heterocycles. The number of aliphatic hydroxyl groups excluding tert-OH is 1. The van der Waals surface area contributed by atoms with Crippen LogP contribution >= 0.6 is 0 Å². The van der Waals surface area contributed by atoms with E-state index in [1.807, 2.05) is 20.8 Å². The van der Waals surface area contributed by atoms with E-state index in [-0.39, 0.29) is 51.6 Å². The highest BCUT2D eigenvalue weighted by atomic mass is 16.4. The standard InChI is InChI=1S/C40H56O6/c1-22(2)29-30(42)33(44)39-19-14-24(4)26(20-25-23(3)12-13-28-36(25,7)16-11-17-37(28,8)34(45)46)40(39,32(29)43)27(21-41)31-35(5,6)15-10-18-38(31,39)9/h14,21-22,25-28,31,42H,3,10-13,15-20H2,1-2,4-9H3,(H,45,46)/t25-,26+,27+,28+,31-,36+,37+,38-,39+,40+/m0/s1. The maximum absolute atomic E-state index is 15.6. The van der Waals surface area contributed by atoms with Crippen LogP contribution in [-0.2, 0) is 19.2 Å². The Morgan fingerprint density at radius 3 is 2.28 bits per heavy atom. The monoisotopic (exact) mass is 632 g/mol. The predicted octanol–water partition coefficient (Wildman–Crippen LogP) is 8.46. The van der Waals surface area contributed by atoms with Gasteiger partial charge in [-0.15, -0.1) is 0 Å². The number of aldehydes is 1. The Morgan fingerprint density at radius 1 is 1.02 bits per heavy atom. The maximum atomic E-state index is 15.6. The number of fused-ring (bicyclic) bond motifs is 2. The summed E-state index contributed by atoms with van der Waals surface area (Å²) in [7, 11) is 0. The molecule has 0 amide bonds. The first-order valence-electron chi connectivity index (χ1n) is 17.9. The van der Waals surface area contributed by atoms with Crippen molar-refractivity contribution in [2.24, 2.45) is 68.0 Å². The van der Waals surface area contributed by atoms with E-state index in [1.54, 1.807) is 0 Å². The van der Waals surface area contributed by atoms with Crippen molar-refractivity contribution in [1.82, 2.24) is 0 Å². The fourth-order valence-electron chi connectivity index (χ4n) is 13.9. The first-order valence-corrected chi connectivity index (χ1v) is 17.9. The highest BCUT2D eigenvalue weighted by Crippen LogP contribution is 2.82. The number of carbonyl (C=O) groups excluding carboxylic acids is 3. The highest BCUT2D eigenvalue weighted by molar-refractivity contribution is 6.19. The third kappa shape index (κ3) is 3.65. The normalized spacial score (nSPS) is 46.7. The van der Waals surface area contributed by atoms with Crippen LogP contribution in [0.2, 0.25) is 0 Å². The second-order valence-electron chi connectivity index (χ2n) is 18.1. The smallest absolute Gasteiger partial charge is 0.309 e. The summed E-state index contributed by atoms with van der Waals surface area (Å²) in [6.07, 6.45) is 10.4. The number of allylic oxidation sites excluding steroid dienone is 5. The maximum Gasteiger partial charge on any atom is 0.309 e. The van der Waals surface area contributed by atoms with E-state index in [4.69, 9.17) is 0 Å². The Labute approximate surface area is 275 Å². The zero-order chi connectivity index (χ0) is 34.0. The van der Waals surface area contributed by atoms with Crippen molar-refractivity contribution >= 4 is 23.8 Å². The lowest BCUT2D eigenvalue weighted by Gasteiger charge is -2.62. The fourth-order valence-corrected chi connectivity index (χ4v) is 13.9. The minimum absolute atomic E-state index is 0.0415. The largest absolute Gasteiger partial charge is 0.504 e. The van der Waals surface area contributed by atoms with Crippen molar-refractivity contribution in [3.63, 3.8) is 0 Å². The zero-order valence-electron chi connectivity index (χ0n) is 29.4. The summed E-state index contributed by atoms with van der Waals surface area (Å²) in [5.41, 5.74) is -2.40. The van der Waals surface area contributed by atoms with E-state index < -0.39 is 45.2 Å². The lowest BCUT2D eigenvalue weighted by atomic mass is 9.38. The molecule has 4 fully saturated rings. The number of carbonyl (C=O) groups is 4. The van der Waals surface area contributed by atoms with Crippen molar-refractivity contribution in [3.8, 4) is 0 Å². The van der Waals surface area contributed by atoms with Crippen LogP contribution in [0.3, 0.4) is 0 Å². The molecule has 2 N–H and O–H groups in total. The van der Waals surface area contributed by atoms with Gasteiger partial charge in [0.15, 0.2) is 11.5 Å². The molecule has 0 saturated heterocycles. The van der Waals surface area contributed by atoms with E-state index in [1.165, 1.54) is 0 Å². The summed E-state index contributed by atoms with van der Waals surface area (Å²) in [5.74, 6) is -3.48. The molecule has 46 heavy (non-hydrogen) atoms. The number of aliphatic hydroxyl groups is 1. The Morgan fingerprint density at radius 2 is 1.67 bits per heavy atom. The van der Waals surface area contributed by atoms with Gasteiger partial charge in [0.25, 0.3) is 0 Å². The van der Waals surface area contributed by atoms with Gasteiger partial charge in [-0.25, -0.2) is 0 Å². The molecule has 0 unspecified atom stereocenters. The van der Waals surface area contributed by atoms with Crippen LogP contribution < -0.4 is 0 Å². The van der Waals surface area contributed by atoms with Gasteiger partial charge in [0.05, 0.1) is 16.2 Å². The quantitative estimate of drug-likeness (QED) is 0.233. The van der Waals surface area contributed by atoms with Crippen LogP contribution in [0.15, 0.2) is 35.1 Å². The average molecular weight is 633 g/mol. The van der Waals surface area contributed by atoms with Crippen LogP contribution in [0.4, 0.5) is 0 Å². The number of rotatable bonds is 5. The average Bonchev–Trinajstić information content (AvgIpc) is 3.18. The minimum Gasteiger partial charge on any atom is -0.504 e. The SMILES string of the molecule is C=C1CC[C@@H]2[C@](C)(CCC[C@@]2(C)C(=O)O)[C@H]1C[C@@H]1C(C)=CC[C@]23C(=O)C(O)=C(C(C)C)C(=O)[C@]12[C@H](C=O)[C@H]1C(C)(C)CCC[C@@]13C. The number of hydrogen-bond acceptors (Lipinski definition) is 5. The summed E-state index contributed by atoms with van der Waals surface area (Å²) >= 11 is 0. The minimum atomic E-state index is -1.33. The molecule has 4 saturated carbocycles. The third-order valence-corrected chi connectivity index (χ3v) is 15.6. The van der Waals surface area contributed by atoms with Crippen molar-refractivity contribution in [1.29, 1.82) is 0 Å². The molecule has 0 aromatic heterocycles. The van der Waals surface area contributed by atoms with Crippen LogP contribution in [-0.4, -0.2) is 34.0 Å². The molecule has 10 atom stereocenters. The van der Waals surface area contributed by atoms with Crippen LogP contribution in [0.1, 0.15) is 120 Å². The fraction of sp³-hybridized carbons (Fsp3) is 0.750. The summed E-state index contributed by atoms with van der Waals surface area (Å²) in [5, 5.41) is 22.2. The Kier molecular flexibility index (Phi) is 7.44. The van der Waals surface area contributed by atoms with Crippen LogP contribution in [0, 0.1) is 68.0 Å². The van der Waals surface area contributed by atoms with E-state index in [9.17, 15) is 19.8 Å². The molecule has 0 aromatic rings. The van der Waals surface area contributed by atoms with Crippen molar-refractivity contribution in [2.45, 2.75) is 120 Å². The summed E-state index contributed by atoms with van der Waals surface area (Å²) in [4.78, 5) is 57.3. The Hall–Kier alpha value is -2.50. The molecule has 6 aliphatic rings. The summed E-state index contributed by atoms with van der Waals surface area (Å²) in [6.45, 7) is 21.1. The number of carboxylic acids is 1. The number of ketones is 2. The van der Waals surface area contributed by atoms with E-state index in [0.717, 1.165) is 62.4 Å². The van der Waals surface area contributed by atoms with E-state index in [0.29, 0.717) is 19.3 Å². The van der Waals surface area contributed by atoms with E-state index in [2.05, 4.69) is 47.3 Å². The van der Waals surface area contributed by atoms with Gasteiger partial charge in [0.2, 0.25) is 5.78 Å². The zero-order valence-corrected chi connectivity index (χ0v) is 29.4. The number of hydrogen-bond donors (Lipinski definition) is 2. The molecule has 252 valence electrons. The first kappa shape index (κ1) is 33.4. The van der Waals surface area contributed by atoms with Gasteiger partial charge in [0, 0.05) is 11.5 Å². The van der Waals surface area contributed by atoms with Crippen molar-refractivity contribution in [3.05, 3.63) is 35.1 Å². The molecule has 0 radical (unpaired) electrons. The third-order valence-electron chi connectivity index (χ3n) is 15.6. The lowest BCUT2D eigenvalue weighted by Crippen LogP contribution is -2.66. The van der Waals surface area contributed by atoms with Crippen LogP contribution in [0.5, 0.6) is 0 Å². The Bertz CT molecular complexity index is 1480. The second-order valence-corrected chi connectivity index (χ2v) is 18.1. The molecular formula is C40H56O6. The van der Waals surface area contributed by atoms with Gasteiger partial charge >= 0.3 is 5.97 Å². The number of Topliss-reactive ketones (excluding diaryl/α,β-unsaturated/α-hetero) is 2. The van der Waals surface area contributed by atoms with Gasteiger partial charge < -0.3 is 15.0 Å². The molecule has 6 heteroatoms.